The molecule has 2 amide bonds. The van der Waals surface area contributed by atoms with Crippen molar-refractivity contribution < 1.29 is 14.3 Å². The van der Waals surface area contributed by atoms with Crippen molar-refractivity contribution >= 4 is 33.5 Å². The Balaban J connectivity index is 2.03. The molecule has 0 spiro atoms. The summed E-state index contributed by atoms with van der Waals surface area (Å²) in [6, 6.07) is 7.60. The van der Waals surface area contributed by atoms with Crippen molar-refractivity contribution in [2.24, 2.45) is 0 Å². The van der Waals surface area contributed by atoms with Crippen molar-refractivity contribution in [3.63, 3.8) is 0 Å². The van der Waals surface area contributed by atoms with Crippen LogP contribution in [0.25, 0.3) is 0 Å². The number of urea groups is 1. The fraction of sp³-hybridized carbons (Fsp3) is 0.0833. The van der Waals surface area contributed by atoms with Crippen LogP contribution in [0.4, 0.5) is 16.4 Å². The van der Waals surface area contributed by atoms with Crippen LogP contribution in [0.5, 0.6) is 5.75 Å². The molecule has 18 heavy (non-hydrogen) atoms. The van der Waals surface area contributed by atoms with Gasteiger partial charge in [-0.3, -0.25) is 5.32 Å². The van der Waals surface area contributed by atoms with Gasteiger partial charge in [0.25, 0.3) is 0 Å². The molecule has 0 radical (unpaired) electrons. The first-order valence-corrected chi connectivity index (χ1v) is 5.97. The Labute approximate surface area is 112 Å². The van der Waals surface area contributed by atoms with Crippen LogP contribution < -0.4 is 10.6 Å². The number of phenolic OH excluding ortho intramolecular Hbond substituents is 1. The van der Waals surface area contributed by atoms with E-state index in [0.717, 1.165) is 5.56 Å². The van der Waals surface area contributed by atoms with Gasteiger partial charge in [0.1, 0.15) is 5.75 Å². The topological polar surface area (TPSA) is 74.5 Å². The molecule has 94 valence electrons. The molecule has 2 rings (SSSR count). The number of hydrogen-bond acceptors (Lipinski definition) is 3. The Morgan fingerprint density at radius 3 is 2.67 bits per heavy atom. The van der Waals surface area contributed by atoms with E-state index in [9.17, 15) is 9.90 Å². The second kappa shape index (κ2) is 5.14. The van der Waals surface area contributed by atoms with Crippen molar-refractivity contribution in [3.05, 3.63) is 40.6 Å². The zero-order valence-electron chi connectivity index (χ0n) is 9.53. The molecular weight excluding hydrogens is 300 g/mol. The molecular formula is C12H11BrN2O3. The number of furan rings is 1. The number of phenols is 1. The van der Waals surface area contributed by atoms with Gasteiger partial charge in [0.05, 0.1) is 0 Å². The Kier molecular flexibility index (Phi) is 3.57. The third-order valence-corrected chi connectivity index (χ3v) is 2.69. The van der Waals surface area contributed by atoms with Crippen molar-refractivity contribution in [2.75, 3.05) is 10.6 Å². The minimum absolute atomic E-state index is 0.161. The highest BCUT2D eigenvalue weighted by molar-refractivity contribution is 9.10. The zero-order valence-corrected chi connectivity index (χ0v) is 11.1. The second-order valence-corrected chi connectivity index (χ2v) is 4.46. The lowest BCUT2D eigenvalue weighted by Gasteiger charge is -2.08. The third-order valence-electron chi connectivity index (χ3n) is 2.27. The number of nitrogens with one attached hydrogen (secondary N) is 2. The van der Waals surface area contributed by atoms with Crippen LogP contribution in [-0.4, -0.2) is 11.1 Å². The van der Waals surface area contributed by atoms with Gasteiger partial charge in [-0.25, -0.2) is 4.79 Å². The molecule has 0 fully saturated rings. The first-order chi connectivity index (χ1) is 8.54. The van der Waals surface area contributed by atoms with Crippen molar-refractivity contribution in [1.29, 1.82) is 0 Å². The molecule has 0 bridgehead atoms. The normalized spacial score (nSPS) is 10.1. The largest absolute Gasteiger partial charge is 0.508 e. The summed E-state index contributed by atoms with van der Waals surface area (Å²) in [6.07, 6.45) is 0. The monoisotopic (exact) mass is 310 g/mol. The van der Waals surface area contributed by atoms with E-state index in [1.807, 2.05) is 0 Å². The fourth-order valence-electron chi connectivity index (χ4n) is 1.44. The number of aromatic hydroxyl groups is 1. The smallest absolute Gasteiger partial charge is 0.326 e. The summed E-state index contributed by atoms with van der Waals surface area (Å²) in [7, 11) is 0. The molecule has 1 aromatic carbocycles. The maximum atomic E-state index is 11.7. The summed E-state index contributed by atoms with van der Waals surface area (Å²) in [5.41, 5.74) is 1.39. The molecule has 0 saturated heterocycles. The van der Waals surface area contributed by atoms with Gasteiger partial charge in [0.15, 0.2) is 4.67 Å². The van der Waals surface area contributed by atoms with Crippen LogP contribution in [0.1, 0.15) is 5.56 Å². The number of halogens is 1. The number of amides is 2. The lowest BCUT2D eigenvalue weighted by atomic mass is 10.2. The van der Waals surface area contributed by atoms with E-state index in [2.05, 4.69) is 26.6 Å². The van der Waals surface area contributed by atoms with Crippen LogP contribution in [0.3, 0.4) is 0 Å². The average Bonchev–Trinajstić information content (AvgIpc) is 2.68. The SMILES string of the molecule is Cc1cc(O)ccc1NC(=O)Nc1ccc(Br)o1. The molecule has 6 heteroatoms. The molecule has 0 unspecified atom stereocenters. The van der Waals surface area contributed by atoms with Crippen molar-refractivity contribution in [3.8, 4) is 5.75 Å². The summed E-state index contributed by atoms with van der Waals surface area (Å²) in [6.45, 7) is 1.79. The van der Waals surface area contributed by atoms with Gasteiger partial charge < -0.3 is 14.8 Å². The van der Waals surface area contributed by atoms with Gasteiger partial charge in [-0.05, 0) is 52.7 Å². The van der Waals surface area contributed by atoms with Crippen LogP contribution in [-0.2, 0) is 0 Å². The van der Waals surface area contributed by atoms with Gasteiger partial charge in [-0.15, -0.1) is 0 Å². The molecule has 0 aliphatic rings. The molecule has 0 aliphatic carbocycles. The quantitative estimate of drug-likeness (QED) is 0.740. The minimum Gasteiger partial charge on any atom is -0.508 e. The Bertz CT molecular complexity index is 580. The van der Waals surface area contributed by atoms with E-state index in [0.29, 0.717) is 16.2 Å². The lowest BCUT2D eigenvalue weighted by Crippen LogP contribution is -2.19. The van der Waals surface area contributed by atoms with E-state index in [1.165, 1.54) is 6.07 Å². The molecule has 0 aliphatic heterocycles. The van der Waals surface area contributed by atoms with E-state index >= 15 is 0 Å². The molecule has 2 aromatic rings. The maximum Gasteiger partial charge on any atom is 0.326 e. The van der Waals surface area contributed by atoms with Gasteiger partial charge in [0.2, 0.25) is 5.88 Å². The van der Waals surface area contributed by atoms with Gasteiger partial charge in [-0.2, -0.15) is 0 Å². The van der Waals surface area contributed by atoms with Crippen molar-refractivity contribution in [2.45, 2.75) is 6.92 Å². The average molecular weight is 311 g/mol. The lowest BCUT2D eigenvalue weighted by molar-refractivity contribution is 0.261. The Morgan fingerprint density at radius 2 is 2.06 bits per heavy atom. The number of carbonyl (C=O) groups is 1. The number of hydrogen-bond donors (Lipinski definition) is 3. The second-order valence-electron chi connectivity index (χ2n) is 3.68. The maximum absolute atomic E-state index is 11.7. The first kappa shape index (κ1) is 12.5. The van der Waals surface area contributed by atoms with Crippen LogP contribution in [0.2, 0.25) is 0 Å². The highest BCUT2D eigenvalue weighted by Crippen LogP contribution is 2.21. The predicted octanol–water partition coefficient (Wildman–Crippen LogP) is 3.70. The number of anilines is 2. The number of aryl methyl sites for hydroxylation is 1. The number of benzene rings is 1. The summed E-state index contributed by atoms with van der Waals surface area (Å²) < 4.78 is 5.69. The van der Waals surface area contributed by atoms with E-state index in [1.54, 1.807) is 31.2 Å². The Morgan fingerprint density at radius 1 is 1.28 bits per heavy atom. The molecule has 0 saturated carbocycles. The zero-order chi connectivity index (χ0) is 13.1. The minimum atomic E-state index is -0.411. The predicted molar refractivity (Wildman–Crippen MR) is 71.9 cm³/mol. The number of carbonyl (C=O) groups excluding carboxylic acids is 1. The van der Waals surface area contributed by atoms with E-state index < -0.39 is 6.03 Å². The molecule has 0 atom stereocenters. The third kappa shape index (κ3) is 3.04. The summed E-state index contributed by atoms with van der Waals surface area (Å²) in [5.74, 6) is 0.504. The van der Waals surface area contributed by atoms with Crippen LogP contribution in [0.15, 0.2) is 39.4 Å². The van der Waals surface area contributed by atoms with Crippen molar-refractivity contribution in [1.82, 2.24) is 0 Å². The molecule has 1 aromatic heterocycles. The Hall–Kier alpha value is -1.95. The standard InChI is InChI=1S/C12H11BrN2O3/c1-7-6-8(16)2-3-9(7)14-12(17)15-11-5-4-10(13)18-11/h2-6,16H,1H3,(H2,14,15,17). The van der Waals surface area contributed by atoms with Gasteiger partial charge in [0, 0.05) is 11.8 Å². The van der Waals surface area contributed by atoms with Crippen LogP contribution in [0, 0.1) is 6.92 Å². The van der Waals surface area contributed by atoms with E-state index in [-0.39, 0.29) is 5.75 Å². The first-order valence-electron chi connectivity index (χ1n) is 5.17. The summed E-state index contributed by atoms with van der Waals surface area (Å²) >= 11 is 3.14. The molecule has 1 heterocycles. The summed E-state index contributed by atoms with van der Waals surface area (Å²) in [5, 5.41) is 14.5. The summed E-state index contributed by atoms with van der Waals surface area (Å²) in [4.78, 5) is 11.7. The van der Waals surface area contributed by atoms with Gasteiger partial charge in [-0.1, -0.05) is 0 Å². The fourth-order valence-corrected chi connectivity index (χ4v) is 1.74. The highest BCUT2D eigenvalue weighted by Gasteiger charge is 2.07. The van der Waals surface area contributed by atoms with Crippen LogP contribution >= 0.6 is 15.9 Å². The number of rotatable bonds is 2. The van der Waals surface area contributed by atoms with E-state index in [4.69, 9.17) is 4.42 Å². The van der Waals surface area contributed by atoms with Gasteiger partial charge >= 0.3 is 6.03 Å². The molecule has 5 nitrogen and oxygen atoms in total. The molecule has 3 N–H and O–H groups in total. The highest BCUT2D eigenvalue weighted by atomic mass is 79.9.